The first-order chi connectivity index (χ1) is 19.1. The molecule has 0 radical (unpaired) electrons. The third-order valence-corrected chi connectivity index (χ3v) is 8.09. The molecule has 8 nitrogen and oxygen atoms in total. The monoisotopic (exact) mass is 558 g/mol. The third kappa shape index (κ3) is 5.01. The fourth-order valence-corrected chi connectivity index (χ4v) is 5.78. The molecular formula is C30H27FN4O4S. The van der Waals surface area contributed by atoms with E-state index in [1.165, 1.54) is 30.3 Å². The van der Waals surface area contributed by atoms with E-state index in [4.69, 9.17) is 5.73 Å². The van der Waals surface area contributed by atoms with Gasteiger partial charge in [0.15, 0.2) is 0 Å². The van der Waals surface area contributed by atoms with E-state index in [-0.39, 0.29) is 39.5 Å². The van der Waals surface area contributed by atoms with Crippen molar-refractivity contribution in [3.8, 4) is 11.1 Å². The van der Waals surface area contributed by atoms with Gasteiger partial charge in [0.1, 0.15) is 11.5 Å². The quantitative estimate of drug-likeness (QED) is 0.248. The van der Waals surface area contributed by atoms with Crippen LogP contribution in [0.5, 0.6) is 0 Å². The largest absolute Gasteiger partial charge is 0.399 e. The molecule has 0 aliphatic heterocycles. The van der Waals surface area contributed by atoms with Crippen LogP contribution in [0.3, 0.4) is 0 Å². The molecule has 2 heterocycles. The van der Waals surface area contributed by atoms with Crippen LogP contribution in [0.15, 0.2) is 88.6 Å². The van der Waals surface area contributed by atoms with Crippen molar-refractivity contribution < 1.29 is 17.6 Å². The number of aromatic nitrogens is 2. The zero-order valence-electron chi connectivity index (χ0n) is 21.9. The van der Waals surface area contributed by atoms with Gasteiger partial charge in [-0.15, -0.1) is 0 Å². The second kappa shape index (κ2) is 10.5. The predicted molar refractivity (Wildman–Crippen MR) is 153 cm³/mol. The highest BCUT2D eigenvalue weighted by Crippen LogP contribution is 2.35. The number of nitrogens with one attached hydrogen (secondary N) is 2. The molecule has 10 heteroatoms. The number of nitrogens with zero attached hydrogens (tertiary/aromatic N) is 1. The topological polar surface area (TPSA) is 127 Å². The molecule has 5 aromatic rings. The maximum atomic E-state index is 14.8. The van der Waals surface area contributed by atoms with Gasteiger partial charge >= 0.3 is 0 Å². The molecule has 0 unspecified atom stereocenters. The Balaban J connectivity index is 1.80. The molecule has 0 atom stereocenters. The van der Waals surface area contributed by atoms with E-state index >= 15 is 0 Å². The summed E-state index contributed by atoms with van der Waals surface area (Å²) in [6.45, 7) is 3.62. The lowest BCUT2D eigenvalue weighted by atomic mass is 10.0. The Hall–Kier alpha value is -4.70. The molecule has 0 spiro atoms. The van der Waals surface area contributed by atoms with Gasteiger partial charge < -0.3 is 15.3 Å². The molecule has 0 fully saturated rings. The number of pyridine rings is 1. The number of aryl methyl sites for hydroxylation is 2. The minimum Gasteiger partial charge on any atom is -0.399 e. The summed E-state index contributed by atoms with van der Waals surface area (Å²) < 4.78 is 45.0. The van der Waals surface area contributed by atoms with Crippen molar-refractivity contribution in [1.82, 2.24) is 14.3 Å². The Morgan fingerprint density at radius 3 is 2.50 bits per heavy atom. The number of nitrogens with two attached hydrogens (primary N) is 1. The fourth-order valence-electron chi connectivity index (χ4n) is 4.77. The molecular weight excluding hydrogens is 531 g/mol. The third-order valence-electron chi connectivity index (χ3n) is 6.76. The van der Waals surface area contributed by atoms with E-state index in [1.807, 2.05) is 19.1 Å². The van der Waals surface area contributed by atoms with Gasteiger partial charge in [0.25, 0.3) is 21.5 Å². The molecule has 3 aromatic carbocycles. The first kappa shape index (κ1) is 26.9. The van der Waals surface area contributed by atoms with Crippen LogP contribution in [0.4, 0.5) is 10.1 Å². The average molecular weight is 559 g/mol. The fraction of sp³-hybridized carbons (Fsp3) is 0.133. The van der Waals surface area contributed by atoms with Gasteiger partial charge in [-0.2, -0.15) is 0 Å². The number of H-pyrrole nitrogens is 1. The molecule has 204 valence electrons. The summed E-state index contributed by atoms with van der Waals surface area (Å²) in [5, 5.41) is 0.566. The number of halogens is 1. The van der Waals surface area contributed by atoms with Gasteiger partial charge in [0.2, 0.25) is 0 Å². The highest BCUT2D eigenvalue weighted by atomic mass is 32.2. The summed E-state index contributed by atoms with van der Waals surface area (Å²) in [5.41, 5.74) is 8.28. The molecule has 40 heavy (non-hydrogen) atoms. The van der Waals surface area contributed by atoms with Crippen molar-refractivity contribution in [1.29, 1.82) is 0 Å². The average Bonchev–Trinajstić information content (AvgIpc) is 3.23. The number of carbonyl (C=O) groups excluding carboxylic acids is 1. The van der Waals surface area contributed by atoms with Crippen molar-refractivity contribution in [2.75, 3.05) is 5.73 Å². The van der Waals surface area contributed by atoms with Crippen molar-refractivity contribution >= 4 is 32.5 Å². The summed E-state index contributed by atoms with van der Waals surface area (Å²) >= 11 is 0. The summed E-state index contributed by atoms with van der Waals surface area (Å²) in [4.78, 5) is 29.7. The number of aromatic amines is 1. The number of hydrogen-bond donors (Lipinski definition) is 3. The number of fused-ring (bicyclic) bond motifs is 1. The van der Waals surface area contributed by atoms with Crippen molar-refractivity contribution in [3.05, 3.63) is 118 Å². The molecule has 5 rings (SSSR count). The number of rotatable bonds is 7. The van der Waals surface area contributed by atoms with Crippen LogP contribution in [0.25, 0.3) is 22.0 Å². The zero-order chi connectivity index (χ0) is 28.6. The molecule has 0 aliphatic carbocycles. The minimum absolute atomic E-state index is 0.0838. The Labute approximate surface area is 230 Å². The second-order valence-electron chi connectivity index (χ2n) is 9.50. The maximum Gasteiger partial charge on any atom is 0.282 e. The first-order valence-electron chi connectivity index (χ1n) is 12.6. The van der Waals surface area contributed by atoms with E-state index in [2.05, 4.69) is 9.71 Å². The highest BCUT2D eigenvalue weighted by molar-refractivity contribution is 7.90. The minimum atomic E-state index is -4.35. The summed E-state index contributed by atoms with van der Waals surface area (Å²) in [6, 6.07) is 20.5. The maximum absolute atomic E-state index is 14.8. The summed E-state index contributed by atoms with van der Waals surface area (Å²) in [5.74, 6) is -1.45. The van der Waals surface area contributed by atoms with Gasteiger partial charge in [-0.1, -0.05) is 37.3 Å². The highest BCUT2D eigenvalue weighted by Gasteiger charge is 2.29. The van der Waals surface area contributed by atoms with Gasteiger partial charge in [-0.3, -0.25) is 9.59 Å². The van der Waals surface area contributed by atoms with Gasteiger partial charge in [0.05, 0.1) is 11.4 Å². The Kier molecular flexibility index (Phi) is 7.03. The van der Waals surface area contributed by atoms with E-state index < -0.39 is 27.3 Å². The van der Waals surface area contributed by atoms with Crippen molar-refractivity contribution in [2.45, 2.75) is 31.7 Å². The van der Waals surface area contributed by atoms with Crippen LogP contribution >= 0.6 is 0 Å². The Morgan fingerprint density at radius 1 is 1.02 bits per heavy atom. The standard InChI is InChI=1S/C30H27FN4O4S/c1-3-19-12-14-26-24(15-19)27(23-13-11-18(2)33-29(23)36)28(35(26)17-20-7-4-5-10-25(20)31)30(37)34-40(38,39)22-9-6-8-21(32)16-22/h4-16H,3,17,32H2,1-2H3,(H,33,36)(H,34,37). The smallest absolute Gasteiger partial charge is 0.282 e. The van der Waals surface area contributed by atoms with E-state index in [1.54, 1.807) is 47.9 Å². The van der Waals surface area contributed by atoms with Gasteiger partial charge in [-0.05, 0) is 67.4 Å². The summed E-state index contributed by atoms with van der Waals surface area (Å²) in [7, 11) is -4.35. The van der Waals surface area contributed by atoms with Crippen LogP contribution in [0.1, 0.15) is 34.2 Å². The normalized spacial score (nSPS) is 11.6. The van der Waals surface area contributed by atoms with E-state index in [0.29, 0.717) is 23.0 Å². The van der Waals surface area contributed by atoms with Crippen LogP contribution in [0, 0.1) is 12.7 Å². The number of sulfonamides is 1. The number of nitrogen functional groups attached to an aromatic ring is 1. The lowest BCUT2D eigenvalue weighted by Crippen LogP contribution is -2.33. The molecule has 0 bridgehead atoms. The van der Waals surface area contributed by atoms with Crippen LogP contribution in [0.2, 0.25) is 0 Å². The first-order valence-corrected chi connectivity index (χ1v) is 14.1. The van der Waals surface area contributed by atoms with Crippen molar-refractivity contribution in [2.24, 2.45) is 0 Å². The second-order valence-corrected chi connectivity index (χ2v) is 11.2. The number of hydrogen-bond acceptors (Lipinski definition) is 5. The van der Waals surface area contributed by atoms with Gasteiger partial charge in [-0.25, -0.2) is 17.5 Å². The number of carbonyl (C=O) groups is 1. The number of benzene rings is 3. The SMILES string of the molecule is CCc1ccc2c(c1)c(-c1ccc(C)[nH]c1=O)c(C(=O)NS(=O)(=O)c1cccc(N)c1)n2Cc1ccccc1F. The zero-order valence-corrected chi connectivity index (χ0v) is 22.7. The molecule has 1 amide bonds. The van der Waals surface area contributed by atoms with Crippen LogP contribution in [-0.2, 0) is 23.0 Å². The lowest BCUT2D eigenvalue weighted by Gasteiger charge is -2.14. The number of anilines is 1. The summed E-state index contributed by atoms with van der Waals surface area (Å²) in [6.07, 6.45) is 0.684. The Bertz CT molecular complexity index is 1940. The molecule has 0 saturated carbocycles. The Morgan fingerprint density at radius 2 is 1.80 bits per heavy atom. The molecule has 2 aromatic heterocycles. The van der Waals surface area contributed by atoms with Crippen LogP contribution in [-0.4, -0.2) is 23.9 Å². The number of amides is 1. The molecule has 0 aliphatic rings. The molecule has 0 saturated heterocycles. The van der Waals surface area contributed by atoms with Gasteiger partial charge in [0, 0.05) is 39.0 Å². The van der Waals surface area contributed by atoms with E-state index in [0.717, 1.165) is 5.56 Å². The van der Waals surface area contributed by atoms with Crippen LogP contribution < -0.4 is 16.0 Å². The molecule has 4 N–H and O–H groups in total. The lowest BCUT2D eigenvalue weighted by molar-refractivity contribution is 0.0974. The predicted octanol–water partition coefficient (Wildman–Crippen LogP) is 4.76. The van der Waals surface area contributed by atoms with E-state index in [9.17, 15) is 22.4 Å². The van der Waals surface area contributed by atoms with Crippen molar-refractivity contribution in [3.63, 3.8) is 0 Å².